The van der Waals surface area contributed by atoms with Gasteiger partial charge in [0.15, 0.2) is 0 Å². The molecule has 1 atom stereocenters. The average Bonchev–Trinajstić information content (AvgIpc) is 2.17. The lowest BCUT2D eigenvalue weighted by Crippen LogP contribution is -2.52. The number of rotatable bonds is 4. The average molecular weight is 228 g/mol. The van der Waals surface area contributed by atoms with E-state index in [1.54, 1.807) is 0 Å². The first-order valence-electron chi connectivity index (χ1n) is 6.53. The summed E-state index contributed by atoms with van der Waals surface area (Å²) >= 11 is 0. The van der Waals surface area contributed by atoms with Crippen LogP contribution in [0.25, 0.3) is 0 Å². The van der Waals surface area contributed by atoms with E-state index >= 15 is 0 Å². The molecule has 0 amide bonds. The van der Waals surface area contributed by atoms with E-state index in [1.165, 1.54) is 25.9 Å². The van der Waals surface area contributed by atoms with Gasteiger partial charge in [-0.1, -0.05) is 0 Å². The summed E-state index contributed by atoms with van der Waals surface area (Å²) in [4.78, 5) is 2.52. The third-order valence-electron chi connectivity index (χ3n) is 3.81. The molecule has 1 heterocycles. The fraction of sp³-hybridized carbons (Fsp3) is 1.00. The van der Waals surface area contributed by atoms with Crippen LogP contribution in [0, 0.1) is 0 Å². The second kappa shape index (κ2) is 5.48. The normalized spacial score (nSPS) is 22.7. The summed E-state index contributed by atoms with van der Waals surface area (Å²) in [6.45, 7) is 12.7. The molecule has 1 aliphatic rings. The molecule has 0 aromatic rings. The smallest absolute Gasteiger partial charge is 0.0741 e. The highest BCUT2D eigenvalue weighted by atomic mass is 16.3. The third kappa shape index (κ3) is 4.04. The lowest BCUT2D eigenvalue weighted by atomic mass is 9.97. The summed E-state index contributed by atoms with van der Waals surface area (Å²) < 4.78 is 0. The van der Waals surface area contributed by atoms with Crippen molar-refractivity contribution in [2.24, 2.45) is 0 Å². The Morgan fingerprint density at radius 3 is 2.06 bits per heavy atom. The van der Waals surface area contributed by atoms with Crippen LogP contribution in [0.4, 0.5) is 0 Å². The number of hydrogen-bond acceptors (Lipinski definition) is 3. The van der Waals surface area contributed by atoms with E-state index in [0.29, 0.717) is 12.1 Å². The number of nitrogens with zero attached hydrogens (tertiary/aromatic N) is 1. The minimum atomic E-state index is -0.630. The molecule has 2 N–H and O–H groups in total. The zero-order chi connectivity index (χ0) is 12.3. The third-order valence-corrected chi connectivity index (χ3v) is 3.81. The molecular weight excluding hydrogens is 200 g/mol. The number of nitrogens with one attached hydrogen (secondary N) is 1. The fourth-order valence-corrected chi connectivity index (χ4v) is 2.14. The highest BCUT2D eigenvalue weighted by molar-refractivity contribution is 4.86. The van der Waals surface area contributed by atoms with Gasteiger partial charge in [-0.15, -0.1) is 0 Å². The maximum absolute atomic E-state index is 9.88. The molecule has 1 rings (SSSR count). The predicted molar refractivity (Wildman–Crippen MR) is 68.6 cm³/mol. The van der Waals surface area contributed by atoms with Crippen LogP contribution in [0.15, 0.2) is 0 Å². The van der Waals surface area contributed by atoms with Gasteiger partial charge in [-0.25, -0.2) is 0 Å². The summed E-state index contributed by atoms with van der Waals surface area (Å²) in [6.07, 6.45) is 2.39. The van der Waals surface area contributed by atoms with Gasteiger partial charge < -0.3 is 15.3 Å². The number of hydrogen-bond donors (Lipinski definition) is 2. The van der Waals surface area contributed by atoms with Gasteiger partial charge in [-0.05, 0) is 60.5 Å². The highest BCUT2D eigenvalue weighted by Gasteiger charge is 2.27. The van der Waals surface area contributed by atoms with Crippen LogP contribution in [-0.2, 0) is 0 Å². The Morgan fingerprint density at radius 1 is 1.19 bits per heavy atom. The Labute approximate surface area is 100 Å². The van der Waals surface area contributed by atoms with Gasteiger partial charge in [0.25, 0.3) is 0 Å². The molecule has 3 heteroatoms. The van der Waals surface area contributed by atoms with Crippen molar-refractivity contribution < 1.29 is 5.11 Å². The topological polar surface area (TPSA) is 35.5 Å². The van der Waals surface area contributed by atoms with Crippen LogP contribution in [0.3, 0.4) is 0 Å². The SMILES string of the molecule is CC(C)N1CCC(NC(C)C(C)(C)O)CC1. The van der Waals surface area contributed by atoms with Crippen molar-refractivity contribution in [3.8, 4) is 0 Å². The summed E-state index contributed by atoms with van der Waals surface area (Å²) in [5.74, 6) is 0. The molecule has 16 heavy (non-hydrogen) atoms. The van der Waals surface area contributed by atoms with Crippen molar-refractivity contribution >= 4 is 0 Å². The molecule has 0 aromatic heterocycles. The molecule has 1 aliphatic heterocycles. The van der Waals surface area contributed by atoms with Crippen molar-refractivity contribution in [1.29, 1.82) is 0 Å². The molecule has 96 valence electrons. The first kappa shape index (κ1) is 13.9. The molecule has 0 aliphatic carbocycles. The Hall–Kier alpha value is -0.120. The van der Waals surface area contributed by atoms with Crippen LogP contribution in [0.2, 0.25) is 0 Å². The summed E-state index contributed by atoms with van der Waals surface area (Å²) in [7, 11) is 0. The van der Waals surface area contributed by atoms with Crippen LogP contribution in [-0.4, -0.2) is 46.8 Å². The zero-order valence-electron chi connectivity index (χ0n) is 11.5. The van der Waals surface area contributed by atoms with Gasteiger partial charge in [-0.2, -0.15) is 0 Å². The molecule has 0 radical (unpaired) electrons. The van der Waals surface area contributed by atoms with Gasteiger partial charge in [0.2, 0.25) is 0 Å². The fourth-order valence-electron chi connectivity index (χ4n) is 2.14. The molecule has 1 saturated heterocycles. The van der Waals surface area contributed by atoms with E-state index in [-0.39, 0.29) is 6.04 Å². The molecule has 0 spiro atoms. The summed E-state index contributed by atoms with van der Waals surface area (Å²) in [5, 5.41) is 13.4. The van der Waals surface area contributed by atoms with E-state index in [9.17, 15) is 5.11 Å². The van der Waals surface area contributed by atoms with E-state index < -0.39 is 5.60 Å². The minimum absolute atomic E-state index is 0.156. The highest BCUT2D eigenvalue weighted by Crippen LogP contribution is 2.16. The first-order valence-corrected chi connectivity index (χ1v) is 6.53. The van der Waals surface area contributed by atoms with E-state index in [2.05, 4.69) is 31.0 Å². The second-order valence-electron chi connectivity index (χ2n) is 5.95. The summed E-state index contributed by atoms with van der Waals surface area (Å²) in [5.41, 5.74) is -0.630. The van der Waals surface area contributed by atoms with Gasteiger partial charge >= 0.3 is 0 Å². The number of aliphatic hydroxyl groups is 1. The van der Waals surface area contributed by atoms with Crippen LogP contribution >= 0.6 is 0 Å². The van der Waals surface area contributed by atoms with Gasteiger partial charge in [0.1, 0.15) is 0 Å². The van der Waals surface area contributed by atoms with Crippen molar-refractivity contribution in [1.82, 2.24) is 10.2 Å². The Balaban J connectivity index is 2.32. The van der Waals surface area contributed by atoms with Crippen molar-refractivity contribution in [3.63, 3.8) is 0 Å². The quantitative estimate of drug-likeness (QED) is 0.767. The van der Waals surface area contributed by atoms with Crippen molar-refractivity contribution in [3.05, 3.63) is 0 Å². The maximum Gasteiger partial charge on any atom is 0.0741 e. The molecule has 1 unspecified atom stereocenters. The van der Waals surface area contributed by atoms with Gasteiger partial charge in [-0.3, -0.25) is 0 Å². The minimum Gasteiger partial charge on any atom is -0.389 e. The molecule has 0 bridgehead atoms. The first-order chi connectivity index (χ1) is 7.30. The van der Waals surface area contributed by atoms with Crippen LogP contribution in [0.5, 0.6) is 0 Å². The monoisotopic (exact) mass is 228 g/mol. The lowest BCUT2D eigenvalue weighted by Gasteiger charge is -2.38. The Morgan fingerprint density at radius 2 is 1.69 bits per heavy atom. The van der Waals surface area contributed by atoms with E-state index in [1.807, 2.05) is 13.8 Å². The second-order valence-corrected chi connectivity index (χ2v) is 5.95. The van der Waals surface area contributed by atoms with Gasteiger partial charge in [0, 0.05) is 18.1 Å². The van der Waals surface area contributed by atoms with Crippen molar-refractivity contribution in [2.75, 3.05) is 13.1 Å². The molecular formula is C13H28N2O. The predicted octanol–water partition coefficient (Wildman–Crippen LogP) is 1.61. The number of likely N-dealkylation sites (tertiary alicyclic amines) is 1. The maximum atomic E-state index is 9.88. The largest absolute Gasteiger partial charge is 0.389 e. The lowest BCUT2D eigenvalue weighted by molar-refractivity contribution is 0.0342. The number of piperidine rings is 1. The van der Waals surface area contributed by atoms with Crippen molar-refractivity contribution in [2.45, 2.75) is 71.2 Å². The van der Waals surface area contributed by atoms with E-state index in [0.717, 1.165) is 0 Å². The molecule has 3 nitrogen and oxygen atoms in total. The molecule has 0 saturated carbocycles. The molecule has 0 aromatic carbocycles. The van der Waals surface area contributed by atoms with E-state index in [4.69, 9.17) is 0 Å². The Kier molecular flexibility index (Phi) is 4.77. The summed E-state index contributed by atoms with van der Waals surface area (Å²) in [6, 6.07) is 1.38. The standard InChI is InChI=1S/C13H28N2O/c1-10(2)15-8-6-12(7-9-15)14-11(3)13(4,5)16/h10-12,14,16H,6-9H2,1-5H3. The Bertz CT molecular complexity index is 202. The van der Waals surface area contributed by atoms with Crippen LogP contribution in [0.1, 0.15) is 47.5 Å². The molecule has 1 fully saturated rings. The zero-order valence-corrected chi connectivity index (χ0v) is 11.5. The van der Waals surface area contributed by atoms with Crippen LogP contribution < -0.4 is 5.32 Å². The van der Waals surface area contributed by atoms with Gasteiger partial charge in [0.05, 0.1) is 5.60 Å².